The van der Waals surface area contributed by atoms with Crippen LogP contribution in [-0.2, 0) is 0 Å². The van der Waals surface area contributed by atoms with Crippen LogP contribution in [0.5, 0.6) is 0 Å². The first-order valence-electron chi connectivity index (χ1n) is 5.03. The normalized spacial score (nSPS) is 25.5. The average Bonchev–Trinajstić information content (AvgIpc) is 2.65. The number of nitrogens with one attached hydrogen (secondary N) is 1. The van der Waals surface area contributed by atoms with Gasteiger partial charge in [0.15, 0.2) is 0 Å². The predicted octanol–water partition coefficient (Wildman–Crippen LogP) is 2.78. The number of anilines is 1. The molecule has 1 aliphatic rings. The fraction of sp³-hybridized carbons (Fsp3) is 0.600. The van der Waals surface area contributed by atoms with E-state index in [0.29, 0.717) is 4.75 Å². The highest BCUT2D eigenvalue weighted by atomic mass is 127. The van der Waals surface area contributed by atoms with Crippen LogP contribution >= 0.6 is 34.4 Å². The van der Waals surface area contributed by atoms with Crippen LogP contribution in [0.1, 0.15) is 19.8 Å². The molecular weight excluding hydrogens is 321 g/mol. The molecule has 5 heteroatoms. The van der Waals surface area contributed by atoms with E-state index in [4.69, 9.17) is 0 Å². The van der Waals surface area contributed by atoms with Crippen molar-refractivity contribution >= 4 is 40.2 Å². The summed E-state index contributed by atoms with van der Waals surface area (Å²) in [5.74, 6) is 2.25. The predicted molar refractivity (Wildman–Crippen MR) is 73.3 cm³/mol. The van der Waals surface area contributed by atoms with E-state index in [1.165, 1.54) is 18.6 Å². The maximum atomic E-state index is 4.23. The van der Waals surface area contributed by atoms with Gasteiger partial charge in [0, 0.05) is 17.5 Å². The molecule has 1 fully saturated rings. The van der Waals surface area contributed by atoms with Crippen molar-refractivity contribution in [3.63, 3.8) is 0 Å². The summed E-state index contributed by atoms with van der Waals surface area (Å²) in [7, 11) is 0. The zero-order chi connectivity index (χ0) is 10.7. The number of aromatic nitrogens is 2. The zero-order valence-corrected chi connectivity index (χ0v) is 11.6. The Morgan fingerprint density at radius 3 is 3.20 bits per heavy atom. The third kappa shape index (κ3) is 2.96. The molecule has 0 bridgehead atoms. The smallest absolute Gasteiger partial charge is 0.142 e. The minimum absolute atomic E-state index is 0.383. The highest BCUT2D eigenvalue weighted by Crippen LogP contribution is 2.37. The van der Waals surface area contributed by atoms with Crippen LogP contribution in [0.25, 0.3) is 0 Å². The Labute approximate surface area is 108 Å². The van der Waals surface area contributed by atoms with Crippen LogP contribution in [0.2, 0.25) is 0 Å². The molecular formula is C10H14IN3S. The van der Waals surface area contributed by atoms with Crippen LogP contribution in [0, 0.1) is 3.57 Å². The summed E-state index contributed by atoms with van der Waals surface area (Å²) < 4.78 is 1.47. The number of nitrogens with zero attached hydrogens (tertiary/aromatic N) is 2. The number of halogens is 1. The summed E-state index contributed by atoms with van der Waals surface area (Å²) in [5, 5.41) is 3.42. The van der Waals surface area contributed by atoms with Gasteiger partial charge in [0.25, 0.3) is 0 Å². The zero-order valence-electron chi connectivity index (χ0n) is 8.66. The van der Waals surface area contributed by atoms with Gasteiger partial charge in [-0.3, -0.25) is 0 Å². The third-order valence-corrected chi connectivity index (χ3v) is 4.93. The molecule has 1 aromatic heterocycles. The Morgan fingerprint density at radius 1 is 1.67 bits per heavy atom. The fourth-order valence-corrected chi connectivity index (χ4v) is 3.42. The van der Waals surface area contributed by atoms with Gasteiger partial charge in [0.05, 0.1) is 3.57 Å². The maximum absolute atomic E-state index is 4.23. The van der Waals surface area contributed by atoms with Gasteiger partial charge in [-0.1, -0.05) is 0 Å². The molecule has 1 unspecified atom stereocenters. The molecule has 15 heavy (non-hydrogen) atoms. The van der Waals surface area contributed by atoms with E-state index >= 15 is 0 Å². The standard InChI is InChI=1S/C10H14IN3S/c1-10(3-2-4-15-10)6-13-9-8(11)5-12-7-14-9/h5,7H,2-4,6H2,1H3,(H,12,13,14). The first-order valence-corrected chi connectivity index (χ1v) is 7.09. The minimum Gasteiger partial charge on any atom is -0.368 e. The van der Waals surface area contributed by atoms with Gasteiger partial charge in [-0.05, 0) is 48.1 Å². The molecule has 0 radical (unpaired) electrons. The van der Waals surface area contributed by atoms with E-state index in [-0.39, 0.29) is 0 Å². The Kier molecular flexibility index (Phi) is 3.71. The van der Waals surface area contributed by atoms with E-state index < -0.39 is 0 Å². The van der Waals surface area contributed by atoms with Crippen molar-refractivity contribution in [1.29, 1.82) is 0 Å². The van der Waals surface area contributed by atoms with Gasteiger partial charge < -0.3 is 5.32 Å². The van der Waals surface area contributed by atoms with Crippen molar-refractivity contribution in [1.82, 2.24) is 9.97 Å². The van der Waals surface area contributed by atoms with Gasteiger partial charge >= 0.3 is 0 Å². The highest BCUT2D eigenvalue weighted by Gasteiger charge is 2.29. The van der Waals surface area contributed by atoms with Crippen LogP contribution in [0.15, 0.2) is 12.5 Å². The van der Waals surface area contributed by atoms with E-state index in [0.717, 1.165) is 15.9 Å². The van der Waals surface area contributed by atoms with Crippen LogP contribution in [0.4, 0.5) is 5.82 Å². The second kappa shape index (κ2) is 4.86. The number of hydrogen-bond donors (Lipinski definition) is 1. The number of thioether (sulfide) groups is 1. The molecule has 2 heterocycles. The van der Waals surface area contributed by atoms with Gasteiger partial charge in [0.1, 0.15) is 12.1 Å². The minimum atomic E-state index is 0.383. The molecule has 82 valence electrons. The van der Waals surface area contributed by atoms with Crippen molar-refractivity contribution < 1.29 is 0 Å². The molecule has 1 aliphatic heterocycles. The first-order chi connectivity index (χ1) is 7.20. The van der Waals surface area contributed by atoms with E-state index in [1.807, 2.05) is 6.20 Å². The van der Waals surface area contributed by atoms with Crippen molar-refractivity contribution in [2.24, 2.45) is 0 Å². The van der Waals surface area contributed by atoms with Gasteiger partial charge in [-0.15, -0.1) is 0 Å². The summed E-state index contributed by atoms with van der Waals surface area (Å²) in [5.41, 5.74) is 0. The monoisotopic (exact) mass is 335 g/mol. The second-order valence-corrected chi connectivity index (χ2v) is 6.82. The van der Waals surface area contributed by atoms with Crippen molar-refractivity contribution in [3.8, 4) is 0 Å². The summed E-state index contributed by atoms with van der Waals surface area (Å²) in [6.45, 7) is 3.32. The van der Waals surface area contributed by atoms with Crippen molar-refractivity contribution in [3.05, 3.63) is 16.1 Å². The largest absolute Gasteiger partial charge is 0.368 e. The fourth-order valence-electron chi connectivity index (χ4n) is 1.69. The number of rotatable bonds is 3. The highest BCUT2D eigenvalue weighted by molar-refractivity contribution is 14.1. The van der Waals surface area contributed by atoms with Crippen LogP contribution in [-0.4, -0.2) is 27.0 Å². The lowest BCUT2D eigenvalue weighted by molar-refractivity contribution is 0.633. The molecule has 1 N–H and O–H groups in total. The van der Waals surface area contributed by atoms with Crippen LogP contribution < -0.4 is 5.32 Å². The van der Waals surface area contributed by atoms with Crippen LogP contribution in [0.3, 0.4) is 0 Å². The lowest BCUT2D eigenvalue weighted by atomic mass is 10.1. The molecule has 0 saturated carbocycles. The molecule has 3 nitrogen and oxygen atoms in total. The molecule has 1 atom stereocenters. The molecule has 0 aromatic carbocycles. The van der Waals surface area contributed by atoms with Gasteiger partial charge in [-0.25, -0.2) is 9.97 Å². The summed E-state index contributed by atoms with van der Waals surface area (Å²) in [6.07, 6.45) is 6.06. The third-order valence-electron chi connectivity index (χ3n) is 2.60. The molecule has 1 saturated heterocycles. The van der Waals surface area contributed by atoms with E-state index in [9.17, 15) is 0 Å². The summed E-state index contributed by atoms with van der Waals surface area (Å²) in [4.78, 5) is 8.21. The molecule has 2 rings (SSSR count). The van der Waals surface area contributed by atoms with Crippen molar-refractivity contribution in [2.45, 2.75) is 24.5 Å². The summed E-state index contributed by atoms with van der Waals surface area (Å²) >= 11 is 4.32. The lowest BCUT2D eigenvalue weighted by Gasteiger charge is -2.23. The quantitative estimate of drug-likeness (QED) is 0.862. The molecule has 1 aromatic rings. The molecule has 0 aliphatic carbocycles. The van der Waals surface area contributed by atoms with Gasteiger partial charge in [-0.2, -0.15) is 11.8 Å². The summed E-state index contributed by atoms with van der Waals surface area (Å²) in [6, 6.07) is 0. The Balaban J connectivity index is 1.95. The Morgan fingerprint density at radius 2 is 2.53 bits per heavy atom. The van der Waals surface area contributed by atoms with Crippen molar-refractivity contribution in [2.75, 3.05) is 17.6 Å². The Bertz CT molecular complexity index is 339. The second-order valence-electron chi connectivity index (χ2n) is 3.97. The SMILES string of the molecule is CC1(CNc2ncncc2I)CCCS1. The maximum Gasteiger partial charge on any atom is 0.142 e. The Hall–Kier alpha value is -0.0400. The molecule has 0 amide bonds. The molecule has 0 spiro atoms. The van der Waals surface area contributed by atoms with E-state index in [1.54, 1.807) is 6.33 Å². The number of hydrogen-bond acceptors (Lipinski definition) is 4. The van der Waals surface area contributed by atoms with Gasteiger partial charge in [0.2, 0.25) is 0 Å². The first kappa shape index (κ1) is 11.4. The lowest BCUT2D eigenvalue weighted by Crippen LogP contribution is -2.27. The average molecular weight is 335 g/mol. The van der Waals surface area contributed by atoms with E-state index in [2.05, 4.69) is 56.6 Å². The topological polar surface area (TPSA) is 37.8 Å².